The van der Waals surface area contributed by atoms with E-state index in [9.17, 15) is 0 Å². The molecule has 1 heterocycles. The zero-order valence-corrected chi connectivity index (χ0v) is 8.37. The zero-order chi connectivity index (χ0) is 8.97. The number of hydrogen-bond donors (Lipinski definition) is 2. The summed E-state index contributed by atoms with van der Waals surface area (Å²) in [6.45, 7) is 4.31. The van der Waals surface area contributed by atoms with Crippen molar-refractivity contribution in [2.45, 2.75) is 33.1 Å². The van der Waals surface area contributed by atoms with Crippen LogP contribution in [0.25, 0.3) is 0 Å². The Morgan fingerprint density at radius 3 is 2.75 bits per heavy atom. The molecule has 0 radical (unpaired) electrons. The number of nitrogens with one attached hydrogen (secondary N) is 1. The summed E-state index contributed by atoms with van der Waals surface area (Å²) in [6.07, 6.45) is 3.25. The highest BCUT2D eigenvalue weighted by atomic mass is 32.1. The summed E-state index contributed by atoms with van der Waals surface area (Å²) in [7, 11) is 0. The quantitative estimate of drug-likeness (QED) is 0.557. The van der Waals surface area contributed by atoms with E-state index in [1.54, 1.807) is 11.3 Å². The largest absolute Gasteiger partial charge is 0.300 e. The number of nitrogen functional groups attached to an aromatic ring is 1. The van der Waals surface area contributed by atoms with Gasteiger partial charge in [-0.3, -0.25) is 5.43 Å². The minimum Gasteiger partial charge on any atom is -0.300 e. The lowest BCUT2D eigenvalue weighted by molar-refractivity contribution is 0.875. The van der Waals surface area contributed by atoms with Gasteiger partial charge in [0.15, 0.2) is 5.13 Å². The Kier molecular flexibility index (Phi) is 3.49. The Morgan fingerprint density at radius 2 is 2.25 bits per heavy atom. The first kappa shape index (κ1) is 9.48. The molecule has 0 saturated heterocycles. The average Bonchev–Trinajstić information content (AvgIpc) is 2.48. The maximum Gasteiger partial charge on any atom is 0.197 e. The molecule has 0 fully saturated rings. The van der Waals surface area contributed by atoms with Gasteiger partial charge in [-0.05, 0) is 12.8 Å². The Hall–Kier alpha value is -0.610. The van der Waals surface area contributed by atoms with Crippen molar-refractivity contribution in [3.63, 3.8) is 0 Å². The van der Waals surface area contributed by atoms with Crippen LogP contribution in [-0.4, -0.2) is 4.98 Å². The molecule has 68 valence electrons. The molecule has 0 aliphatic heterocycles. The van der Waals surface area contributed by atoms with Gasteiger partial charge in [-0.25, -0.2) is 10.8 Å². The van der Waals surface area contributed by atoms with Crippen LogP contribution < -0.4 is 11.3 Å². The highest BCUT2D eigenvalue weighted by molar-refractivity contribution is 7.15. The van der Waals surface area contributed by atoms with Gasteiger partial charge in [-0.1, -0.05) is 20.3 Å². The number of aromatic nitrogens is 1. The number of nitrogens with two attached hydrogens (primary N) is 1. The molecule has 0 spiro atoms. The van der Waals surface area contributed by atoms with Crippen molar-refractivity contribution < 1.29 is 0 Å². The van der Waals surface area contributed by atoms with Crippen LogP contribution in [0.15, 0.2) is 0 Å². The van der Waals surface area contributed by atoms with Gasteiger partial charge in [-0.15, -0.1) is 11.3 Å². The Bertz CT molecular complexity index is 244. The molecule has 0 aliphatic rings. The number of rotatable bonds is 4. The molecule has 3 N–H and O–H groups in total. The number of anilines is 1. The van der Waals surface area contributed by atoms with Crippen molar-refractivity contribution >= 4 is 16.5 Å². The van der Waals surface area contributed by atoms with E-state index in [0.29, 0.717) is 0 Å². The van der Waals surface area contributed by atoms with E-state index in [2.05, 4.69) is 24.3 Å². The van der Waals surface area contributed by atoms with E-state index in [-0.39, 0.29) is 0 Å². The third-order valence-corrected chi connectivity index (χ3v) is 2.88. The van der Waals surface area contributed by atoms with E-state index < -0.39 is 0 Å². The molecule has 1 rings (SSSR count). The van der Waals surface area contributed by atoms with Crippen molar-refractivity contribution in [2.24, 2.45) is 5.84 Å². The Morgan fingerprint density at radius 1 is 1.50 bits per heavy atom. The summed E-state index contributed by atoms with van der Waals surface area (Å²) in [5.41, 5.74) is 3.79. The second kappa shape index (κ2) is 4.42. The Balaban J connectivity index is 2.84. The molecule has 3 nitrogen and oxygen atoms in total. The van der Waals surface area contributed by atoms with Gasteiger partial charge in [0.1, 0.15) is 0 Å². The monoisotopic (exact) mass is 185 g/mol. The van der Waals surface area contributed by atoms with Crippen LogP contribution in [0.5, 0.6) is 0 Å². The number of hydrogen-bond acceptors (Lipinski definition) is 4. The fourth-order valence-corrected chi connectivity index (χ4v) is 2.01. The van der Waals surface area contributed by atoms with Crippen LogP contribution in [0, 0.1) is 0 Å². The first-order chi connectivity index (χ1) is 5.81. The van der Waals surface area contributed by atoms with Crippen LogP contribution in [0.4, 0.5) is 5.13 Å². The van der Waals surface area contributed by atoms with Gasteiger partial charge in [0, 0.05) is 4.88 Å². The highest BCUT2D eigenvalue weighted by Crippen LogP contribution is 2.23. The molecule has 12 heavy (non-hydrogen) atoms. The molecule has 0 atom stereocenters. The van der Waals surface area contributed by atoms with Gasteiger partial charge < -0.3 is 0 Å². The van der Waals surface area contributed by atoms with Crippen LogP contribution >= 0.6 is 11.3 Å². The molecule has 0 saturated carbocycles. The summed E-state index contributed by atoms with van der Waals surface area (Å²) in [4.78, 5) is 5.72. The molecule has 0 aromatic carbocycles. The van der Waals surface area contributed by atoms with Gasteiger partial charge in [0.05, 0.1) is 5.69 Å². The minimum absolute atomic E-state index is 0.829. The van der Waals surface area contributed by atoms with Gasteiger partial charge in [0.2, 0.25) is 0 Å². The Labute approximate surface area is 77.0 Å². The predicted octanol–water partition coefficient (Wildman–Crippen LogP) is 1.94. The zero-order valence-electron chi connectivity index (χ0n) is 7.55. The van der Waals surface area contributed by atoms with Crippen molar-refractivity contribution in [2.75, 3.05) is 5.43 Å². The molecule has 1 aromatic heterocycles. The first-order valence-electron chi connectivity index (χ1n) is 4.27. The molecule has 1 aromatic rings. The smallest absolute Gasteiger partial charge is 0.197 e. The fourth-order valence-electron chi connectivity index (χ4n) is 1.15. The fraction of sp³-hybridized carbons (Fsp3) is 0.625. The SMILES string of the molecule is CCCc1nc(NN)sc1CC. The first-order valence-corrected chi connectivity index (χ1v) is 5.08. The van der Waals surface area contributed by atoms with Crippen LogP contribution in [0.3, 0.4) is 0 Å². The minimum atomic E-state index is 0.829. The predicted molar refractivity (Wildman–Crippen MR) is 53.3 cm³/mol. The molecule has 0 aliphatic carbocycles. The van der Waals surface area contributed by atoms with E-state index in [1.807, 2.05) is 0 Å². The van der Waals surface area contributed by atoms with Gasteiger partial charge in [-0.2, -0.15) is 0 Å². The molecule has 0 amide bonds. The van der Waals surface area contributed by atoms with Crippen molar-refractivity contribution in [3.05, 3.63) is 10.6 Å². The second-order valence-corrected chi connectivity index (χ2v) is 3.72. The van der Waals surface area contributed by atoms with Crippen LogP contribution in [0.1, 0.15) is 30.8 Å². The van der Waals surface area contributed by atoms with Crippen molar-refractivity contribution in [1.82, 2.24) is 4.98 Å². The third kappa shape index (κ3) is 1.95. The number of nitrogens with zero attached hydrogens (tertiary/aromatic N) is 1. The van der Waals surface area contributed by atoms with Crippen LogP contribution in [-0.2, 0) is 12.8 Å². The van der Waals surface area contributed by atoms with E-state index >= 15 is 0 Å². The summed E-state index contributed by atoms with van der Waals surface area (Å²) in [5, 5.41) is 0.829. The molecule has 0 unspecified atom stereocenters. The second-order valence-electron chi connectivity index (χ2n) is 2.64. The lowest BCUT2D eigenvalue weighted by Gasteiger charge is -1.94. The van der Waals surface area contributed by atoms with Crippen molar-refractivity contribution in [3.8, 4) is 0 Å². The molecular formula is C8H15N3S. The number of hydrazine groups is 1. The highest BCUT2D eigenvalue weighted by Gasteiger charge is 2.07. The average molecular weight is 185 g/mol. The number of aryl methyl sites for hydroxylation is 2. The maximum absolute atomic E-state index is 5.28. The summed E-state index contributed by atoms with van der Waals surface area (Å²) < 4.78 is 0. The lowest BCUT2D eigenvalue weighted by atomic mass is 10.2. The van der Waals surface area contributed by atoms with E-state index in [0.717, 1.165) is 24.4 Å². The lowest BCUT2D eigenvalue weighted by Crippen LogP contribution is -2.05. The van der Waals surface area contributed by atoms with E-state index in [4.69, 9.17) is 5.84 Å². The van der Waals surface area contributed by atoms with Crippen LogP contribution in [0.2, 0.25) is 0 Å². The summed E-state index contributed by atoms with van der Waals surface area (Å²) in [5.74, 6) is 5.28. The molecule has 0 bridgehead atoms. The van der Waals surface area contributed by atoms with E-state index in [1.165, 1.54) is 10.6 Å². The normalized spacial score (nSPS) is 10.2. The number of thiazole rings is 1. The molecular weight excluding hydrogens is 170 g/mol. The van der Waals surface area contributed by atoms with Crippen molar-refractivity contribution in [1.29, 1.82) is 0 Å². The molecule has 4 heteroatoms. The third-order valence-electron chi connectivity index (χ3n) is 1.71. The van der Waals surface area contributed by atoms with Gasteiger partial charge >= 0.3 is 0 Å². The summed E-state index contributed by atoms with van der Waals surface area (Å²) >= 11 is 1.65. The standard InChI is InChI=1S/C8H15N3S/c1-3-5-6-7(4-2)12-8(10-6)11-9/h3-5,9H2,1-2H3,(H,10,11). The van der Waals surface area contributed by atoms with Gasteiger partial charge in [0.25, 0.3) is 0 Å². The topological polar surface area (TPSA) is 50.9 Å². The maximum atomic E-state index is 5.28. The summed E-state index contributed by atoms with van der Waals surface area (Å²) in [6, 6.07) is 0.